The van der Waals surface area contributed by atoms with Gasteiger partial charge >= 0.3 is 0 Å². The predicted octanol–water partition coefficient (Wildman–Crippen LogP) is 1.92. The van der Waals surface area contributed by atoms with Crippen molar-refractivity contribution in [1.29, 1.82) is 0 Å². The SMILES string of the molecule is CC(CCCN)c1nn2c(C3CCOCC3)nnc2s1. The first kappa shape index (κ1) is 13.9. The van der Waals surface area contributed by atoms with Gasteiger partial charge in [-0.25, -0.2) is 0 Å². The first-order valence-corrected chi connectivity index (χ1v) is 8.11. The van der Waals surface area contributed by atoms with Crippen LogP contribution in [0.5, 0.6) is 0 Å². The van der Waals surface area contributed by atoms with Gasteiger partial charge in [0.05, 0.1) is 0 Å². The molecule has 0 spiro atoms. The lowest BCUT2D eigenvalue weighted by Crippen LogP contribution is -2.16. The molecule has 0 bridgehead atoms. The van der Waals surface area contributed by atoms with E-state index >= 15 is 0 Å². The summed E-state index contributed by atoms with van der Waals surface area (Å²) in [6, 6.07) is 0. The number of rotatable bonds is 5. The summed E-state index contributed by atoms with van der Waals surface area (Å²) < 4.78 is 7.35. The van der Waals surface area contributed by atoms with Gasteiger partial charge in [-0.3, -0.25) is 0 Å². The maximum absolute atomic E-state index is 5.58. The maximum atomic E-state index is 5.58. The van der Waals surface area contributed by atoms with E-state index in [-0.39, 0.29) is 0 Å². The number of hydrogen-bond donors (Lipinski definition) is 1. The Kier molecular flexibility index (Phi) is 4.28. The lowest BCUT2D eigenvalue weighted by atomic mass is 10.00. The lowest BCUT2D eigenvalue weighted by molar-refractivity contribution is 0.0831. The Hall–Kier alpha value is -1.05. The molecule has 1 atom stereocenters. The molecule has 2 aromatic heterocycles. The molecule has 0 aliphatic carbocycles. The fourth-order valence-electron chi connectivity index (χ4n) is 2.60. The molecule has 2 aromatic rings. The minimum atomic E-state index is 0.424. The van der Waals surface area contributed by atoms with E-state index in [1.165, 1.54) is 0 Å². The molecule has 1 saturated heterocycles. The summed E-state index contributed by atoms with van der Waals surface area (Å²) in [6.45, 7) is 4.56. The van der Waals surface area contributed by atoms with E-state index in [1.807, 2.05) is 4.52 Å². The van der Waals surface area contributed by atoms with Crippen molar-refractivity contribution in [2.75, 3.05) is 19.8 Å². The monoisotopic (exact) mass is 295 g/mol. The average Bonchev–Trinajstić information content (AvgIpc) is 3.05. The van der Waals surface area contributed by atoms with Gasteiger partial charge in [0, 0.05) is 25.0 Å². The highest BCUT2D eigenvalue weighted by Crippen LogP contribution is 2.30. The summed E-state index contributed by atoms with van der Waals surface area (Å²) in [6.07, 6.45) is 4.13. The van der Waals surface area contributed by atoms with E-state index in [0.717, 1.165) is 61.2 Å². The van der Waals surface area contributed by atoms with E-state index in [2.05, 4.69) is 17.1 Å². The molecule has 0 saturated carbocycles. The Morgan fingerprint density at radius 1 is 1.40 bits per heavy atom. The Bertz CT molecular complexity index is 560. The van der Waals surface area contributed by atoms with E-state index in [9.17, 15) is 0 Å². The highest BCUT2D eigenvalue weighted by Gasteiger charge is 2.24. The van der Waals surface area contributed by atoms with Gasteiger partial charge in [-0.15, -0.1) is 10.2 Å². The first-order chi connectivity index (χ1) is 9.79. The average molecular weight is 295 g/mol. The van der Waals surface area contributed by atoms with Gasteiger partial charge in [0.1, 0.15) is 5.01 Å². The van der Waals surface area contributed by atoms with Crippen molar-refractivity contribution in [3.63, 3.8) is 0 Å². The van der Waals surface area contributed by atoms with Crippen LogP contribution in [-0.4, -0.2) is 39.6 Å². The minimum absolute atomic E-state index is 0.424. The molecular weight excluding hydrogens is 274 g/mol. The fourth-order valence-corrected chi connectivity index (χ4v) is 3.53. The molecule has 0 aromatic carbocycles. The molecule has 2 N–H and O–H groups in total. The number of ether oxygens (including phenoxy) is 1. The van der Waals surface area contributed by atoms with Crippen LogP contribution in [0.1, 0.15) is 55.3 Å². The lowest BCUT2D eigenvalue weighted by Gasteiger charge is -2.19. The minimum Gasteiger partial charge on any atom is -0.381 e. The summed E-state index contributed by atoms with van der Waals surface area (Å²) >= 11 is 1.65. The van der Waals surface area contributed by atoms with E-state index in [1.54, 1.807) is 11.3 Å². The van der Waals surface area contributed by atoms with Gasteiger partial charge in [-0.2, -0.15) is 9.61 Å². The fraction of sp³-hybridized carbons (Fsp3) is 0.769. The van der Waals surface area contributed by atoms with Crippen molar-refractivity contribution < 1.29 is 4.74 Å². The molecule has 1 fully saturated rings. The highest BCUT2D eigenvalue weighted by molar-refractivity contribution is 7.16. The molecule has 1 aliphatic heterocycles. The first-order valence-electron chi connectivity index (χ1n) is 7.29. The number of hydrogen-bond acceptors (Lipinski definition) is 6. The third-order valence-electron chi connectivity index (χ3n) is 3.88. The second-order valence-electron chi connectivity index (χ2n) is 5.41. The second-order valence-corrected chi connectivity index (χ2v) is 6.40. The Balaban J connectivity index is 1.82. The van der Waals surface area contributed by atoms with Crippen LogP contribution >= 0.6 is 11.3 Å². The van der Waals surface area contributed by atoms with Crippen LogP contribution in [0.25, 0.3) is 4.96 Å². The van der Waals surface area contributed by atoms with Gasteiger partial charge in [0.15, 0.2) is 5.82 Å². The third-order valence-corrected chi connectivity index (χ3v) is 5.01. The number of nitrogens with zero attached hydrogens (tertiary/aromatic N) is 4. The van der Waals surface area contributed by atoms with Crippen LogP contribution in [0.2, 0.25) is 0 Å². The topological polar surface area (TPSA) is 78.3 Å². The smallest absolute Gasteiger partial charge is 0.234 e. The van der Waals surface area contributed by atoms with Crippen LogP contribution < -0.4 is 5.73 Å². The van der Waals surface area contributed by atoms with Crippen LogP contribution in [0.4, 0.5) is 0 Å². The summed E-state index contributed by atoms with van der Waals surface area (Å²) in [5.41, 5.74) is 5.58. The molecule has 0 amide bonds. The number of fused-ring (bicyclic) bond motifs is 1. The summed E-state index contributed by atoms with van der Waals surface area (Å²) in [4.78, 5) is 0.904. The molecule has 0 radical (unpaired) electrons. The van der Waals surface area contributed by atoms with Crippen molar-refractivity contribution in [2.45, 2.75) is 44.4 Å². The van der Waals surface area contributed by atoms with Crippen molar-refractivity contribution in [3.05, 3.63) is 10.8 Å². The largest absolute Gasteiger partial charge is 0.381 e. The number of aromatic nitrogens is 4. The molecule has 1 aliphatic rings. The maximum Gasteiger partial charge on any atom is 0.234 e. The zero-order valence-corrected chi connectivity index (χ0v) is 12.6. The van der Waals surface area contributed by atoms with Crippen molar-refractivity contribution in [1.82, 2.24) is 19.8 Å². The van der Waals surface area contributed by atoms with Crippen LogP contribution in [0.3, 0.4) is 0 Å². The quantitative estimate of drug-likeness (QED) is 0.911. The third kappa shape index (κ3) is 2.70. The van der Waals surface area contributed by atoms with Crippen molar-refractivity contribution in [2.24, 2.45) is 5.73 Å². The molecule has 110 valence electrons. The van der Waals surface area contributed by atoms with Gasteiger partial charge < -0.3 is 10.5 Å². The van der Waals surface area contributed by atoms with Crippen molar-refractivity contribution >= 4 is 16.3 Å². The zero-order valence-electron chi connectivity index (χ0n) is 11.8. The van der Waals surface area contributed by atoms with Gasteiger partial charge in [-0.05, 0) is 32.2 Å². The number of nitrogens with two attached hydrogens (primary N) is 1. The molecule has 20 heavy (non-hydrogen) atoms. The standard InChI is InChI=1S/C13H21N5OS/c1-9(3-2-6-14)12-17-18-11(15-16-13(18)20-12)10-4-7-19-8-5-10/h9-10H,2-8,14H2,1H3. The van der Waals surface area contributed by atoms with Crippen LogP contribution in [0, 0.1) is 0 Å². The summed E-state index contributed by atoms with van der Waals surface area (Å²) in [7, 11) is 0. The predicted molar refractivity (Wildman–Crippen MR) is 78.2 cm³/mol. The van der Waals surface area contributed by atoms with Gasteiger partial charge in [0.25, 0.3) is 0 Å². The van der Waals surface area contributed by atoms with E-state index in [4.69, 9.17) is 15.6 Å². The molecule has 1 unspecified atom stereocenters. The zero-order chi connectivity index (χ0) is 13.9. The molecular formula is C13H21N5OS. The second kappa shape index (κ2) is 6.15. The molecule has 3 heterocycles. The van der Waals surface area contributed by atoms with Crippen LogP contribution in [-0.2, 0) is 4.74 Å². The summed E-state index contributed by atoms with van der Waals surface area (Å²) in [5, 5.41) is 14.5. The summed E-state index contributed by atoms with van der Waals surface area (Å²) in [5.74, 6) is 1.86. The van der Waals surface area contributed by atoms with E-state index < -0.39 is 0 Å². The Morgan fingerprint density at radius 3 is 2.95 bits per heavy atom. The van der Waals surface area contributed by atoms with Crippen molar-refractivity contribution in [3.8, 4) is 0 Å². The Labute approximate surface area is 122 Å². The highest BCUT2D eigenvalue weighted by atomic mass is 32.1. The molecule has 7 heteroatoms. The van der Waals surface area contributed by atoms with Crippen LogP contribution in [0.15, 0.2) is 0 Å². The molecule has 3 rings (SSSR count). The van der Waals surface area contributed by atoms with Gasteiger partial charge in [-0.1, -0.05) is 18.3 Å². The normalized spacial score (nSPS) is 18.7. The van der Waals surface area contributed by atoms with Gasteiger partial charge in [0.2, 0.25) is 4.96 Å². The molecule has 6 nitrogen and oxygen atoms in total. The van der Waals surface area contributed by atoms with E-state index in [0.29, 0.717) is 11.8 Å². The Morgan fingerprint density at radius 2 is 2.20 bits per heavy atom.